The molecular formula is C28H29F3N6OS. The van der Waals surface area contributed by atoms with E-state index in [1.165, 1.54) is 24.0 Å². The molecule has 0 aliphatic carbocycles. The van der Waals surface area contributed by atoms with E-state index in [2.05, 4.69) is 74.0 Å². The van der Waals surface area contributed by atoms with Crippen LogP contribution in [-0.4, -0.2) is 23.0 Å². The standard InChI is InChI=1S/C28H27FN6OS.2FH/c1-19(2)25-6-4-5-7-26(25)35-20(3)17-37-28(35)34-33-16-21-8-10-22(11-9-21)27(30)32-18-31-23-12-14-24(36-29)15-13-23;;/h4-19H,1-3H3,(H2,30,31,32);2*1H/b33-16+,34-28-;;. The van der Waals surface area contributed by atoms with Gasteiger partial charge in [-0.1, -0.05) is 56.3 Å². The third-order valence-electron chi connectivity index (χ3n) is 5.56. The van der Waals surface area contributed by atoms with E-state index < -0.39 is 0 Å². The van der Waals surface area contributed by atoms with Crippen LogP contribution < -0.4 is 15.5 Å². The first kappa shape index (κ1) is 30.7. The van der Waals surface area contributed by atoms with Crippen molar-refractivity contribution in [1.29, 1.82) is 0 Å². The lowest BCUT2D eigenvalue weighted by molar-refractivity contribution is -0.00618. The Morgan fingerprint density at radius 3 is 2.36 bits per heavy atom. The maximum atomic E-state index is 12.1. The van der Waals surface area contributed by atoms with Crippen molar-refractivity contribution < 1.29 is 18.9 Å². The summed E-state index contributed by atoms with van der Waals surface area (Å²) in [5, 5.41) is 10.9. The van der Waals surface area contributed by atoms with E-state index in [-0.39, 0.29) is 15.2 Å². The van der Waals surface area contributed by atoms with Crippen LogP contribution >= 0.6 is 11.3 Å². The Bertz CT molecular complexity index is 1510. The zero-order chi connectivity index (χ0) is 26.2. The average molecular weight is 555 g/mol. The number of hydrogen-bond donors (Lipinski definition) is 1. The van der Waals surface area contributed by atoms with E-state index in [1.54, 1.807) is 29.7 Å². The van der Waals surface area contributed by atoms with E-state index in [0.29, 0.717) is 17.4 Å². The molecule has 0 atom stereocenters. The highest BCUT2D eigenvalue weighted by Gasteiger charge is 2.11. The Morgan fingerprint density at radius 1 is 1.00 bits per heavy atom. The molecule has 204 valence electrons. The number of aryl methyl sites for hydroxylation is 1. The lowest BCUT2D eigenvalue weighted by Crippen LogP contribution is -2.16. The van der Waals surface area contributed by atoms with E-state index in [4.69, 9.17) is 5.73 Å². The summed E-state index contributed by atoms with van der Waals surface area (Å²) in [6.07, 6.45) is 3.06. The molecular weight excluding hydrogens is 525 g/mol. The summed E-state index contributed by atoms with van der Waals surface area (Å²) in [7, 11) is 0. The van der Waals surface area contributed by atoms with Gasteiger partial charge in [0.05, 0.1) is 17.6 Å². The first-order chi connectivity index (χ1) is 18.0. The Labute approximate surface area is 228 Å². The van der Waals surface area contributed by atoms with Crippen molar-refractivity contribution in [2.24, 2.45) is 25.9 Å². The van der Waals surface area contributed by atoms with Gasteiger partial charge in [0.1, 0.15) is 12.2 Å². The molecule has 3 aromatic carbocycles. The molecule has 0 unspecified atom stereocenters. The number of rotatable bonds is 8. The second kappa shape index (κ2) is 14.4. The topological polar surface area (TPSA) is 89.6 Å². The maximum absolute atomic E-state index is 12.1. The quantitative estimate of drug-likeness (QED) is 0.152. The smallest absolute Gasteiger partial charge is 0.215 e. The molecule has 11 heteroatoms. The number of nitrogens with zero attached hydrogens (tertiary/aromatic N) is 5. The Balaban J connectivity index is 0.00000267. The van der Waals surface area contributed by atoms with Crippen molar-refractivity contribution in [2.45, 2.75) is 26.7 Å². The number of hydrogen-bond acceptors (Lipinski definition) is 5. The number of amidine groups is 1. The molecule has 4 rings (SSSR count). The van der Waals surface area contributed by atoms with Crippen LogP contribution in [0.25, 0.3) is 5.69 Å². The number of halogens is 3. The number of thiazole rings is 1. The number of para-hydroxylation sites is 1. The molecule has 0 saturated heterocycles. The van der Waals surface area contributed by atoms with Crippen LogP contribution in [0.2, 0.25) is 0 Å². The second-order valence-corrected chi connectivity index (χ2v) is 9.34. The molecule has 1 aromatic heterocycles. The lowest BCUT2D eigenvalue weighted by Gasteiger charge is -2.14. The number of nitrogens with two attached hydrogens (primary N) is 1. The van der Waals surface area contributed by atoms with Crippen molar-refractivity contribution >= 4 is 35.4 Å². The van der Waals surface area contributed by atoms with Gasteiger partial charge in [-0.15, -0.1) is 16.4 Å². The number of aliphatic imine (C=N–C) groups is 2. The van der Waals surface area contributed by atoms with E-state index in [0.717, 1.165) is 27.3 Å². The second-order valence-electron chi connectivity index (χ2n) is 8.51. The minimum absolute atomic E-state index is 0. The van der Waals surface area contributed by atoms with Crippen LogP contribution in [0.1, 0.15) is 42.1 Å². The number of aromatic nitrogens is 1. The van der Waals surface area contributed by atoms with Crippen LogP contribution in [0, 0.1) is 6.92 Å². The predicted molar refractivity (Wildman–Crippen MR) is 154 cm³/mol. The van der Waals surface area contributed by atoms with E-state index >= 15 is 0 Å². The van der Waals surface area contributed by atoms with Gasteiger partial charge in [-0.3, -0.25) is 18.9 Å². The summed E-state index contributed by atoms with van der Waals surface area (Å²) >= 11 is 1.56. The fourth-order valence-corrected chi connectivity index (χ4v) is 4.46. The highest BCUT2D eigenvalue weighted by atomic mass is 32.1. The normalized spacial score (nSPS) is 12.1. The minimum atomic E-state index is 0. The molecule has 0 radical (unpaired) electrons. The summed E-state index contributed by atoms with van der Waals surface area (Å²) in [6.45, 7) is 6.45. The highest BCUT2D eigenvalue weighted by molar-refractivity contribution is 7.07. The molecule has 0 aliphatic rings. The molecule has 7 nitrogen and oxygen atoms in total. The van der Waals surface area contributed by atoms with Gasteiger partial charge in [0.15, 0.2) is 5.75 Å². The van der Waals surface area contributed by atoms with Gasteiger partial charge in [-0.2, -0.15) is 5.10 Å². The third-order valence-corrected chi connectivity index (χ3v) is 6.50. The third kappa shape index (κ3) is 7.74. The molecule has 0 spiro atoms. The fraction of sp³-hybridized carbons (Fsp3) is 0.143. The van der Waals surface area contributed by atoms with Gasteiger partial charge < -0.3 is 5.73 Å². The van der Waals surface area contributed by atoms with E-state index in [1.807, 2.05) is 30.3 Å². The summed E-state index contributed by atoms with van der Waals surface area (Å²) in [5.74, 6) is 0.822. The van der Waals surface area contributed by atoms with Gasteiger partial charge in [0.25, 0.3) is 0 Å². The largest absolute Gasteiger partial charge is 0.383 e. The number of benzene rings is 3. The molecule has 4 aromatic rings. The van der Waals surface area contributed by atoms with Gasteiger partial charge in [-0.25, -0.2) is 9.98 Å². The summed E-state index contributed by atoms with van der Waals surface area (Å²) in [6, 6.07) is 22.0. The van der Waals surface area contributed by atoms with E-state index in [9.17, 15) is 4.53 Å². The van der Waals surface area contributed by atoms with Gasteiger partial charge >= 0.3 is 0 Å². The first-order valence-corrected chi connectivity index (χ1v) is 12.5. The van der Waals surface area contributed by atoms with Crippen LogP contribution in [0.4, 0.5) is 19.6 Å². The molecule has 2 N–H and O–H groups in total. The molecule has 0 bridgehead atoms. The summed E-state index contributed by atoms with van der Waals surface area (Å²) < 4.78 is 14.2. The Morgan fingerprint density at radius 2 is 1.69 bits per heavy atom. The first-order valence-electron chi connectivity index (χ1n) is 11.6. The Kier molecular flexibility index (Phi) is 11.4. The molecule has 0 aliphatic heterocycles. The average Bonchev–Trinajstić information content (AvgIpc) is 3.29. The van der Waals surface area contributed by atoms with Crippen molar-refractivity contribution in [3.8, 4) is 11.4 Å². The highest BCUT2D eigenvalue weighted by Crippen LogP contribution is 2.23. The maximum Gasteiger partial charge on any atom is 0.215 e. The van der Waals surface area contributed by atoms with Gasteiger partial charge in [0, 0.05) is 21.2 Å². The zero-order valence-corrected chi connectivity index (χ0v) is 22.4. The van der Waals surface area contributed by atoms with Crippen molar-refractivity contribution in [3.05, 3.63) is 105 Å². The summed E-state index contributed by atoms with van der Waals surface area (Å²) in [4.78, 5) is 12.8. The molecule has 0 saturated carbocycles. The Hall–Kier alpha value is -4.51. The fourth-order valence-electron chi connectivity index (χ4n) is 3.64. The summed E-state index contributed by atoms with van der Waals surface area (Å²) in [5.41, 5.74) is 11.8. The SMILES string of the molecule is Cc1cs/c(=N\N=C\c2ccc(C(N)=NC=Nc3ccc(OF)cc3)cc2)n1-c1ccccc1C(C)C.F.F. The van der Waals surface area contributed by atoms with Crippen molar-refractivity contribution in [1.82, 2.24) is 4.57 Å². The predicted octanol–water partition coefficient (Wildman–Crippen LogP) is 6.54. The van der Waals surface area contributed by atoms with Crippen LogP contribution in [0.3, 0.4) is 0 Å². The van der Waals surface area contributed by atoms with Crippen LogP contribution in [0.15, 0.2) is 98.4 Å². The molecule has 0 fully saturated rings. The van der Waals surface area contributed by atoms with Crippen LogP contribution in [-0.2, 0) is 0 Å². The van der Waals surface area contributed by atoms with Crippen molar-refractivity contribution in [3.63, 3.8) is 0 Å². The van der Waals surface area contributed by atoms with Crippen LogP contribution in [0.5, 0.6) is 5.75 Å². The monoisotopic (exact) mass is 554 g/mol. The van der Waals surface area contributed by atoms with Gasteiger partial charge in [-0.05, 0) is 54.3 Å². The van der Waals surface area contributed by atoms with Gasteiger partial charge in [0.2, 0.25) is 4.80 Å². The molecule has 0 amide bonds. The van der Waals surface area contributed by atoms with Crippen molar-refractivity contribution in [2.75, 3.05) is 0 Å². The lowest BCUT2D eigenvalue weighted by atomic mass is 10.0. The zero-order valence-electron chi connectivity index (χ0n) is 21.6. The molecule has 1 heterocycles. The molecule has 39 heavy (non-hydrogen) atoms. The minimum Gasteiger partial charge on any atom is -0.383 e.